The van der Waals surface area contributed by atoms with Crippen LogP contribution in [-0.2, 0) is 40.3 Å². The number of carbonyl (C=O) groups is 1. The highest BCUT2D eigenvalue weighted by molar-refractivity contribution is 5.74. The third-order valence-corrected chi connectivity index (χ3v) is 7.80. The van der Waals surface area contributed by atoms with E-state index in [1.165, 1.54) is 30.4 Å². The van der Waals surface area contributed by atoms with Gasteiger partial charge in [0.1, 0.15) is 5.82 Å². The standard InChI is InChI=1S/C29H38N4O4.C4H10O.C2H6/c1-21-25(18-27(34)35)28-32-14-12-29(2,13-15-32)37-16-8-4-3-5-9-22-10-6-7-11-23(22)19-36-20-24-17-26(30-21)33(28)31-24;1-4(2,3)5;1-2/h6-7,10-11,17H,3-5,8-9,12-16,18-20H2,1-2H3,(H,34,35);5H,1-3H3;1-2H3. The average molecular weight is 611 g/mol. The van der Waals surface area contributed by atoms with E-state index >= 15 is 0 Å². The van der Waals surface area contributed by atoms with Crippen LogP contribution in [0, 0.1) is 6.92 Å². The van der Waals surface area contributed by atoms with Crippen molar-refractivity contribution in [2.45, 2.75) is 124 Å². The second-order valence-corrected chi connectivity index (χ2v) is 12.9. The molecule has 4 bridgehead atoms. The molecule has 9 heteroatoms. The summed E-state index contributed by atoms with van der Waals surface area (Å²) in [5.41, 5.74) is 4.87. The van der Waals surface area contributed by atoms with Crippen molar-refractivity contribution < 1.29 is 24.5 Å². The summed E-state index contributed by atoms with van der Waals surface area (Å²) >= 11 is 0. The van der Waals surface area contributed by atoms with Gasteiger partial charge in [-0.3, -0.25) is 4.79 Å². The van der Waals surface area contributed by atoms with Crippen LogP contribution in [0.15, 0.2) is 30.3 Å². The zero-order valence-corrected chi connectivity index (χ0v) is 28.0. The maximum Gasteiger partial charge on any atom is 0.308 e. The Morgan fingerprint density at radius 3 is 2.32 bits per heavy atom. The summed E-state index contributed by atoms with van der Waals surface area (Å²) in [6, 6.07) is 10.5. The quantitative estimate of drug-likeness (QED) is 0.331. The number of benzene rings is 1. The molecule has 1 fully saturated rings. The van der Waals surface area contributed by atoms with Gasteiger partial charge in [0.05, 0.1) is 36.5 Å². The van der Waals surface area contributed by atoms with E-state index in [1.54, 1.807) is 20.8 Å². The first kappa shape index (κ1) is 35.5. The van der Waals surface area contributed by atoms with Crippen LogP contribution in [0.2, 0.25) is 0 Å². The van der Waals surface area contributed by atoms with E-state index in [-0.39, 0.29) is 12.0 Å². The van der Waals surface area contributed by atoms with Crippen LogP contribution in [0.1, 0.15) is 108 Å². The Balaban J connectivity index is 0.000000688. The number of carboxylic acid groups (broad SMARTS) is 1. The Kier molecular flexibility index (Phi) is 13.2. The molecular weight excluding hydrogens is 556 g/mol. The van der Waals surface area contributed by atoms with Gasteiger partial charge in [-0.1, -0.05) is 51.0 Å². The fourth-order valence-electron chi connectivity index (χ4n) is 5.57. The van der Waals surface area contributed by atoms with E-state index in [4.69, 9.17) is 24.7 Å². The van der Waals surface area contributed by atoms with Crippen molar-refractivity contribution in [2.75, 3.05) is 24.6 Å². The first-order chi connectivity index (χ1) is 20.9. The number of nitrogens with zero attached hydrogens (tertiary/aromatic N) is 4. The van der Waals surface area contributed by atoms with Crippen molar-refractivity contribution in [3.8, 4) is 0 Å². The molecule has 3 aliphatic rings. The number of aryl methyl sites for hydroxylation is 2. The fraction of sp³-hybridized carbons (Fsp3) is 0.629. The molecule has 3 aliphatic heterocycles. The molecule has 2 aromatic heterocycles. The number of hydrogen-bond donors (Lipinski definition) is 2. The molecule has 2 N–H and O–H groups in total. The molecule has 3 aromatic rings. The Labute approximate surface area is 263 Å². The van der Waals surface area contributed by atoms with E-state index < -0.39 is 11.6 Å². The van der Waals surface area contributed by atoms with Crippen LogP contribution < -0.4 is 4.90 Å². The van der Waals surface area contributed by atoms with E-state index in [2.05, 4.69) is 36.1 Å². The Bertz CT molecular complexity index is 1330. The molecule has 0 radical (unpaired) electrons. The van der Waals surface area contributed by atoms with E-state index in [1.807, 2.05) is 31.4 Å². The largest absolute Gasteiger partial charge is 0.481 e. The molecule has 244 valence electrons. The number of fused-ring (bicyclic) bond motifs is 10. The molecule has 0 amide bonds. The van der Waals surface area contributed by atoms with Gasteiger partial charge in [-0.2, -0.15) is 9.61 Å². The van der Waals surface area contributed by atoms with Gasteiger partial charge in [-0.25, -0.2) is 4.98 Å². The molecule has 0 aliphatic carbocycles. The van der Waals surface area contributed by atoms with Crippen LogP contribution in [-0.4, -0.2) is 61.7 Å². The maximum absolute atomic E-state index is 11.8. The molecule has 0 atom stereocenters. The minimum absolute atomic E-state index is 0.0865. The Morgan fingerprint density at radius 2 is 1.66 bits per heavy atom. The monoisotopic (exact) mass is 610 g/mol. The molecular formula is C35H54N4O5. The van der Waals surface area contributed by atoms with Gasteiger partial charge >= 0.3 is 5.97 Å². The van der Waals surface area contributed by atoms with E-state index in [9.17, 15) is 9.90 Å². The van der Waals surface area contributed by atoms with E-state index in [0.29, 0.717) is 13.2 Å². The maximum atomic E-state index is 11.8. The Morgan fingerprint density at radius 1 is 1.02 bits per heavy atom. The summed E-state index contributed by atoms with van der Waals surface area (Å²) in [5, 5.41) is 23.0. The van der Waals surface area contributed by atoms with Crippen LogP contribution in [0.3, 0.4) is 0 Å². The van der Waals surface area contributed by atoms with Crippen molar-refractivity contribution in [3.05, 3.63) is 58.4 Å². The SMILES string of the molecule is CC.CC(C)(C)O.Cc1nc2cc3nn2c(c1CC(=O)O)N1CCC(C)(CC1)OCCCCCCc1ccccc1COC3. The summed E-state index contributed by atoms with van der Waals surface area (Å²) in [5.74, 6) is -0.0375. The first-order valence-corrected chi connectivity index (χ1v) is 16.3. The van der Waals surface area contributed by atoms with Crippen molar-refractivity contribution >= 4 is 17.4 Å². The second kappa shape index (κ2) is 16.3. The van der Waals surface area contributed by atoms with Gasteiger partial charge in [-0.15, -0.1) is 0 Å². The number of hydrogen-bond acceptors (Lipinski definition) is 7. The lowest BCUT2D eigenvalue weighted by atomic mass is 9.92. The highest BCUT2D eigenvalue weighted by atomic mass is 16.5. The van der Waals surface area contributed by atoms with E-state index in [0.717, 1.165) is 73.8 Å². The fourth-order valence-corrected chi connectivity index (χ4v) is 5.57. The zero-order chi connectivity index (χ0) is 32.3. The van der Waals surface area contributed by atoms with Crippen LogP contribution in [0.4, 0.5) is 5.82 Å². The van der Waals surface area contributed by atoms with Crippen molar-refractivity contribution in [1.29, 1.82) is 0 Å². The smallest absolute Gasteiger partial charge is 0.308 e. The van der Waals surface area contributed by atoms with Crippen molar-refractivity contribution in [2.24, 2.45) is 0 Å². The normalized spacial score (nSPS) is 17.6. The summed E-state index contributed by atoms with van der Waals surface area (Å²) in [6.07, 6.45) is 7.36. The highest BCUT2D eigenvalue weighted by Crippen LogP contribution is 2.33. The predicted octanol–water partition coefficient (Wildman–Crippen LogP) is 6.68. The number of ether oxygens (including phenoxy) is 2. The lowest BCUT2D eigenvalue weighted by molar-refractivity contribution is -0.136. The summed E-state index contributed by atoms with van der Waals surface area (Å²) < 4.78 is 14.3. The highest BCUT2D eigenvalue weighted by Gasteiger charge is 2.33. The van der Waals surface area contributed by atoms with Gasteiger partial charge < -0.3 is 24.6 Å². The molecule has 5 heterocycles. The number of aromatic nitrogens is 3. The number of piperidine rings is 1. The van der Waals surface area contributed by atoms with Crippen molar-refractivity contribution in [1.82, 2.24) is 14.6 Å². The second-order valence-electron chi connectivity index (χ2n) is 12.9. The lowest BCUT2D eigenvalue weighted by Gasteiger charge is -2.41. The van der Waals surface area contributed by atoms with Crippen LogP contribution in [0.5, 0.6) is 0 Å². The molecule has 44 heavy (non-hydrogen) atoms. The summed E-state index contributed by atoms with van der Waals surface area (Å²) in [4.78, 5) is 18.7. The summed E-state index contributed by atoms with van der Waals surface area (Å²) in [7, 11) is 0. The molecule has 1 saturated heterocycles. The molecule has 0 unspecified atom stereocenters. The van der Waals surface area contributed by atoms with Gasteiger partial charge in [0.25, 0.3) is 0 Å². The Hall–Kier alpha value is -3.01. The average Bonchev–Trinajstić information content (AvgIpc) is 3.36. The molecule has 9 nitrogen and oxygen atoms in total. The van der Waals surface area contributed by atoms with Crippen molar-refractivity contribution in [3.63, 3.8) is 0 Å². The lowest BCUT2D eigenvalue weighted by Crippen LogP contribution is -2.45. The molecule has 1 aromatic carbocycles. The first-order valence-electron chi connectivity index (χ1n) is 16.3. The minimum atomic E-state index is -0.869. The number of aliphatic carboxylic acids is 1. The van der Waals surface area contributed by atoms with Crippen LogP contribution >= 0.6 is 0 Å². The zero-order valence-electron chi connectivity index (χ0n) is 28.0. The third kappa shape index (κ3) is 10.6. The predicted molar refractivity (Wildman–Crippen MR) is 175 cm³/mol. The topological polar surface area (TPSA) is 109 Å². The number of anilines is 1. The van der Waals surface area contributed by atoms with Crippen LogP contribution in [0.25, 0.3) is 5.65 Å². The van der Waals surface area contributed by atoms with Gasteiger partial charge in [0.2, 0.25) is 0 Å². The number of carboxylic acids is 1. The molecule has 0 spiro atoms. The molecule has 6 rings (SSSR count). The summed E-state index contributed by atoms with van der Waals surface area (Å²) in [6.45, 7) is 16.6. The number of aliphatic hydroxyl groups is 1. The number of rotatable bonds is 2. The third-order valence-electron chi connectivity index (χ3n) is 7.80. The minimum Gasteiger partial charge on any atom is -0.481 e. The van der Waals surface area contributed by atoms with Gasteiger partial charge in [0.15, 0.2) is 5.65 Å². The molecule has 0 saturated carbocycles. The van der Waals surface area contributed by atoms with Gasteiger partial charge in [-0.05, 0) is 77.8 Å². The van der Waals surface area contributed by atoms with Gasteiger partial charge in [0, 0.05) is 37.0 Å².